The molecule has 5 aromatic carbocycles. The van der Waals surface area contributed by atoms with Crippen molar-refractivity contribution in [1.29, 1.82) is 0 Å². The lowest BCUT2D eigenvalue weighted by Crippen LogP contribution is -1.94. The molecule has 0 amide bonds. The second kappa shape index (κ2) is 9.58. The minimum absolute atomic E-state index is 0.870. The molecule has 0 atom stereocenters. The first-order chi connectivity index (χ1) is 20.3. The van der Waals surface area contributed by atoms with Gasteiger partial charge in [-0.2, -0.15) is 0 Å². The van der Waals surface area contributed by atoms with E-state index in [4.69, 9.17) is 4.98 Å². The third kappa shape index (κ3) is 4.07. The van der Waals surface area contributed by atoms with E-state index < -0.39 is 0 Å². The average Bonchev–Trinajstić information content (AvgIpc) is 3.38. The lowest BCUT2D eigenvalue weighted by Gasteiger charge is -2.10. The summed E-state index contributed by atoms with van der Waals surface area (Å²) in [6.45, 7) is 0. The molecule has 192 valence electrons. The molecule has 0 saturated heterocycles. The van der Waals surface area contributed by atoms with Gasteiger partial charge in [-0.15, -0.1) is 0 Å². The zero-order valence-corrected chi connectivity index (χ0v) is 22.3. The van der Waals surface area contributed by atoms with E-state index in [9.17, 15) is 0 Å². The third-order valence-corrected chi connectivity index (χ3v) is 7.89. The molecule has 8 rings (SSSR count). The van der Waals surface area contributed by atoms with Gasteiger partial charge in [0.1, 0.15) is 0 Å². The quantitative estimate of drug-likeness (QED) is 0.230. The van der Waals surface area contributed by atoms with Gasteiger partial charge in [-0.1, -0.05) is 91.0 Å². The summed E-state index contributed by atoms with van der Waals surface area (Å²) in [6, 6.07) is 49.5. The number of hydrogen-bond donors (Lipinski definition) is 0. The lowest BCUT2D eigenvalue weighted by atomic mass is 9.99. The van der Waals surface area contributed by atoms with Crippen LogP contribution in [0.4, 0.5) is 0 Å². The Hall–Kier alpha value is -5.54. The highest BCUT2D eigenvalue weighted by atomic mass is 15.0. The molecule has 3 aromatic heterocycles. The second-order valence-electron chi connectivity index (χ2n) is 10.3. The zero-order chi connectivity index (χ0) is 27.2. The summed E-state index contributed by atoms with van der Waals surface area (Å²) in [7, 11) is 0. The molecule has 0 aliphatic rings. The summed E-state index contributed by atoms with van der Waals surface area (Å²) in [5, 5.41) is 4.98. The summed E-state index contributed by atoms with van der Waals surface area (Å²) in [6.07, 6.45) is 3.74. The first-order valence-electron chi connectivity index (χ1n) is 13.8. The molecule has 0 radical (unpaired) electrons. The number of pyridine rings is 2. The Morgan fingerprint density at radius 2 is 1.02 bits per heavy atom. The first kappa shape index (κ1) is 23.4. The van der Waals surface area contributed by atoms with Gasteiger partial charge in [-0.05, 0) is 76.0 Å². The van der Waals surface area contributed by atoms with Crippen molar-refractivity contribution in [2.75, 3.05) is 0 Å². The minimum Gasteiger partial charge on any atom is -0.309 e. The molecule has 3 nitrogen and oxygen atoms in total. The van der Waals surface area contributed by atoms with Crippen molar-refractivity contribution in [3.05, 3.63) is 152 Å². The van der Waals surface area contributed by atoms with Gasteiger partial charge in [0.25, 0.3) is 0 Å². The lowest BCUT2D eigenvalue weighted by molar-refractivity contribution is 1.18. The Bertz CT molecular complexity index is 2180. The maximum Gasteiger partial charge on any atom is 0.0886 e. The van der Waals surface area contributed by atoms with Crippen LogP contribution in [0, 0.1) is 0 Å². The van der Waals surface area contributed by atoms with Crippen LogP contribution in [0.3, 0.4) is 0 Å². The van der Waals surface area contributed by atoms with Crippen molar-refractivity contribution in [2.45, 2.75) is 0 Å². The highest BCUT2D eigenvalue weighted by Crippen LogP contribution is 2.37. The average molecular weight is 524 g/mol. The van der Waals surface area contributed by atoms with E-state index in [-0.39, 0.29) is 0 Å². The van der Waals surface area contributed by atoms with Gasteiger partial charge in [0.05, 0.1) is 22.4 Å². The number of fused-ring (bicyclic) bond motifs is 4. The van der Waals surface area contributed by atoms with Crippen molar-refractivity contribution in [3.8, 4) is 39.3 Å². The number of para-hydroxylation sites is 1. The molecule has 0 saturated carbocycles. The van der Waals surface area contributed by atoms with Crippen molar-refractivity contribution >= 4 is 32.6 Å². The van der Waals surface area contributed by atoms with Crippen LogP contribution >= 0.6 is 0 Å². The third-order valence-electron chi connectivity index (χ3n) is 7.89. The summed E-state index contributed by atoms with van der Waals surface area (Å²) in [5.41, 5.74) is 9.89. The monoisotopic (exact) mass is 523 g/mol. The molecule has 0 bridgehead atoms. The zero-order valence-electron chi connectivity index (χ0n) is 22.3. The molecule has 0 unspecified atom stereocenters. The SMILES string of the molecule is c1ccc(-n2c3cc(-c4ccc(-c5ccccn5)nc4)ccc3c3ccc(-c4ccc5ccccc5c4)cc32)cc1. The molecule has 3 heterocycles. The van der Waals surface area contributed by atoms with E-state index in [1.165, 1.54) is 43.7 Å². The number of nitrogens with zero attached hydrogens (tertiary/aromatic N) is 3. The maximum absolute atomic E-state index is 4.73. The Balaban J connectivity index is 1.30. The van der Waals surface area contributed by atoms with E-state index >= 15 is 0 Å². The molecule has 0 fully saturated rings. The van der Waals surface area contributed by atoms with Crippen molar-refractivity contribution in [3.63, 3.8) is 0 Å². The van der Waals surface area contributed by atoms with E-state index in [1.54, 1.807) is 6.20 Å². The normalized spacial score (nSPS) is 11.4. The Morgan fingerprint density at radius 1 is 0.415 bits per heavy atom. The predicted molar refractivity (Wildman–Crippen MR) is 170 cm³/mol. The smallest absolute Gasteiger partial charge is 0.0886 e. The van der Waals surface area contributed by atoms with Gasteiger partial charge in [0.2, 0.25) is 0 Å². The molecule has 0 aliphatic heterocycles. The topological polar surface area (TPSA) is 30.7 Å². The largest absolute Gasteiger partial charge is 0.309 e. The molecule has 8 aromatic rings. The maximum atomic E-state index is 4.73. The van der Waals surface area contributed by atoms with Crippen molar-refractivity contribution in [1.82, 2.24) is 14.5 Å². The minimum atomic E-state index is 0.870. The Morgan fingerprint density at radius 3 is 1.73 bits per heavy atom. The van der Waals surface area contributed by atoms with Crippen LogP contribution in [0.5, 0.6) is 0 Å². The van der Waals surface area contributed by atoms with Gasteiger partial charge < -0.3 is 4.57 Å². The molecular formula is C38H25N3. The van der Waals surface area contributed by atoms with Crippen LogP contribution in [0.2, 0.25) is 0 Å². The summed E-state index contributed by atoms with van der Waals surface area (Å²) >= 11 is 0. The molecule has 41 heavy (non-hydrogen) atoms. The standard InChI is InChI=1S/C38H25N3/c1-2-10-32(11-3-1)41-37-23-29(28-14-13-26-8-4-5-9-27(26)22-28)15-18-33(37)34-19-16-30(24-38(34)41)31-17-20-36(40-25-31)35-12-6-7-21-39-35/h1-25H. The number of benzene rings is 5. The van der Waals surface area contributed by atoms with E-state index in [1.807, 2.05) is 30.5 Å². The van der Waals surface area contributed by atoms with E-state index in [2.05, 4.69) is 125 Å². The fourth-order valence-electron chi connectivity index (χ4n) is 5.83. The second-order valence-corrected chi connectivity index (χ2v) is 10.3. The number of aromatic nitrogens is 3. The summed E-state index contributed by atoms with van der Waals surface area (Å²) in [5.74, 6) is 0. The van der Waals surface area contributed by atoms with Gasteiger partial charge in [0.15, 0.2) is 0 Å². The van der Waals surface area contributed by atoms with Crippen LogP contribution in [0.1, 0.15) is 0 Å². The van der Waals surface area contributed by atoms with Crippen LogP contribution in [0.15, 0.2) is 152 Å². The highest BCUT2D eigenvalue weighted by Gasteiger charge is 2.15. The van der Waals surface area contributed by atoms with Crippen molar-refractivity contribution < 1.29 is 0 Å². The molecule has 3 heteroatoms. The van der Waals surface area contributed by atoms with E-state index in [0.29, 0.717) is 0 Å². The summed E-state index contributed by atoms with van der Waals surface area (Å²) in [4.78, 5) is 9.17. The predicted octanol–water partition coefficient (Wildman–Crippen LogP) is 9.73. The van der Waals surface area contributed by atoms with Gasteiger partial charge >= 0.3 is 0 Å². The molecular weight excluding hydrogens is 498 g/mol. The summed E-state index contributed by atoms with van der Waals surface area (Å²) < 4.78 is 2.38. The Kier molecular flexibility index (Phi) is 5.46. The molecule has 0 N–H and O–H groups in total. The van der Waals surface area contributed by atoms with Crippen LogP contribution < -0.4 is 0 Å². The molecule has 0 aliphatic carbocycles. The Labute approximate surface area is 238 Å². The number of rotatable bonds is 4. The van der Waals surface area contributed by atoms with Gasteiger partial charge in [-0.25, -0.2) is 0 Å². The number of hydrogen-bond acceptors (Lipinski definition) is 2. The highest BCUT2D eigenvalue weighted by molar-refractivity contribution is 6.11. The van der Waals surface area contributed by atoms with Crippen LogP contribution in [-0.4, -0.2) is 14.5 Å². The van der Waals surface area contributed by atoms with Gasteiger partial charge in [-0.3, -0.25) is 9.97 Å². The van der Waals surface area contributed by atoms with Crippen LogP contribution in [0.25, 0.3) is 71.9 Å². The fraction of sp³-hybridized carbons (Fsp3) is 0. The van der Waals surface area contributed by atoms with Crippen molar-refractivity contribution in [2.24, 2.45) is 0 Å². The van der Waals surface area contributed by atoms with E-state index in [0.717, 1.165) is 28.2 Å². The first-order valence-corrected chi connectivity index (χ1v) is 13.8. The van der Waals surface area contributed by atoms with Crippen LogP contribution in [-0.2, 0) is 0 Å². The fourth-order valence-corrected chi connectivity index (χ4v) is 5.83. The van der Waals surface area contributed by atoms with Gasteiger partial charge in [0, 0.05) is 34.4 Å². The molecule has 0 spiro atoms.